The molecule has 0 saturated carbocycles. The molecule has 0 amide bonds. The van der Waals surface area contributed by atoms with Gasteiger partial charge in [0.25, 0.3) is 0 Å². The Bertz CT molecular complexity index is 594. The highest BCUT2D eigenvalue weighted by Crippen LogP contribution is 2.30. The number of ether oxygens (including phenoxy) is 1. The molecular formula is C19H21NO. The van der Waals surface area contributed by atoms with Crippen LogP contribution < -0.4 is 0 Å². The Balaban J connectivity index is 1.97. The van der Waals surface area contributed by atoms with Crippen LogP contribution in [0.2, 0.25) is 0 Å². The largest absolute Gasteiger partial charge is 0.367 e. The molecule has 3 rings (SSSR count). The minimum Gasteiger partial charge on any atom is -0.367 e. The van der Waals surface area contributed by atoms with Crippen molar-refractivity contribution < 1.29 is 4.74 Å². The first kappa shape index (κ1) is 14.1. The quantitative estimate of drug-likeness (QED) is 0.793. The molecule has 1 aliphatic rings. The summed E-state index contributed by atoms with van der Waals surface area (Å²) in [5, 5.41) is 0. The fraction of sp³-hybridized carbons (Fsp3) is 0.263. The van der Waals surface area contributed by atoms with Crippen LogP contribution in [0.3, 0.4) is 0 Å². The van der Waals surface area contributed by atoms with Crippen LogP contribution in [0.25, 0.3) is 0 Å². The normalized spacial score (nSPS) is 19.3. The Morgan fingerprint density at radius 3 is 2.67 bits per heavy atom. The summed E-state index contributed by atoms with van der Waals surface area (Å²) in [6.07, 6.45) is 1.99. The summed E-state index contributed by atoms with van der Waals surface area (Å²) in [4.78, 5) is 2.37. The van der Waals surface area contributed by atoms with E-state index in [1.165, 1.54) is 16.7 Å². The van der Waals surface area contributed by atoms with E-state index in [4.69, 9.17) is 4.74 Å². The molecule has 0 bridgehead atoms. The molecule has 0 saturated heterocycles. The van der Waals surface area contributed by atoms with Gasteiger partial charge in [-0.25, -0.2) is 0 Å². The Morgan fingerprint density at radius 2 is 1.86 bits per heavy atom. The van der Waals surface area contributed by atoms with Crippen molar-refractivity contribution in [3.8, 4) is 0 Å². The van der Waals surface area contributed by atoms with Crippen LogP contribution in [0, 0.1) is 0 Å². The summed E-state index contributed by atoms with van der Waals surface area (Å²) in [6.45, 7) is 7.37. The molecule has 2 heteroatoms. The van der Waals surface area contributed by atoms with Crippen molar-refractivity contribution in [3.63, 3.8) is 0 Å². The van der Waals surface area contributed by atoms with E-state index in [2.05, 4.69) is 60.0 Å². The van der Waals surface area contributed by atoms with Gasteiger partial charge in [-0.3, -0.25) is 4.90 Å². The van der Waals surface area contributed by atoms with E-state index in [-0.39, 0.29) is 6.10 Å². The number of hydrogen-bond donors (Lipinski definition) is 0. The highest BCUT2D eigenvalue weighted by molar-refractivity contribution is 5.36. The van der Waals surface area contributed by atoms with Gasteiger partial charge < -0.3 is 4.74 Å². The lowest BCUT2D eigenvalue weighted by atomic mass is 9.95. The van der Waals surface area contributed by atoms with Gasteiger partial charge in [-0.05, 0) is 16.7 Å². The summed E-state index contributed by atoms with van der Waals surface area (Å²) in [5.41, 5.74) is 3.84. The fourth-order valence-electron chi connectivity index (χ4n) is 2.89. The Morgan fingerprint density at radius 1 is 1.10 bits per heavy atom. The molecule has 1 atom stereocenters. The molecule has 1 aliphatic heterocycles. The third kappa shape index (κ3) is 3.23. The summed E-state index contributed by atoms with van der Waals surface area (Å²) < 4.78 is 6.20. The van der Waals surface area contributed by atoms with Gasteiger partial charge in [0.15, 0.2) is 0 Å². The molecule has 1 unspecified atom stereocenters. The van der Waals surface area contributed by atoms with Crippen LogP contribution in [0.4, 0.5) is 0 Å². The molecule has 2 nitrogen and oxygen atoms in total. The average molecular weight is 279 g/mol. The third-order valence-corrected chi connectivity index (χ3v) is 3.91. The molecule has 0 aliphatic carbocycles. The number of hydrogen-bond acceptors (Lipinski definition) is 2. The smallest absolute Gasteiger partial charge is 0.108 e. The lowest BCUT2D eigenvalue weighted by molar-refractivity contribution is 0.0521. The van der Waals surface area contributed by atoms with Crippen molar-refractivity contribution in [2.24, 2.45) is 0 Å². The van der Waals surface area contributed by atoms with Crippen LogP contribution in [0.1, 0.15) is 22.8 Å². The van der Waals surface area contributed by atoms with Gasteiger partial charge in [0, 0.05) is 19.6 Å². The predicted molar refractivity (Wildman–Crippen MR) is 86.2 cm³/mol. The average Bonchev–Trinajstić information content (AvgIpc) is 2.51. The zero-order chi connectivity index (χ0) is 14.5. The van der Waals surface area contributed by atoms with E-state index >= 15 is 0 Å². The molecule has 0 spiro atoms. The first-order valence-corrected chi connectivity index (χ1v) is 7.46. The minimum atomic E-state index is 0.0354. The monoisotopic (exact) mass is 279 g/mol. The maximum absolute atomic E-state index is 6.20. The second-order valence-electron chi connectivity index (χ2n) is 5.38. The molecule has 0 fully saturated rings. The lowest BCUT2D eigenvalue weighted by Gasteiger charge is -2.30. The van der Waals surface area contributed by atoms with Crippen molar-refractivity contribution in [2.45, 2.75) is 12.6 Å². The first-order chi connectivity index (χ1) is 10.4. The molecule has 0 N–H and O–H groups in total. The van der Waals surface area contributed by atoms with Crippen molar-refractivity contribution >= 4 is 0 Å². The molecule has 2 aromatic rings. The van der Waals surface area contributed by atoms with Crippen LogP contribution in [-0.4, -0.2) is 24.6 Å². The van der Waals surface area contributed by atoms with E-state index < -0.39 is 0 Å². The van der Waals surface area contributed by atoms with Crippen molar-refractivity contribution in [3.05, 3.63) is 83.9 Å². The highest BCUT2D eigenvalue weighted by atomic mass is 16.5. The van der Waals surface area contributed by atoms with Crippen molar-refractivity contribution in [2.75, 3.05) is 19.7 Å². The summed E-state index contributed by atoms with van der Waals surface area (Å²) >= 11 is 0. The Kier molecular flexibility index (Phi) is 4.49. The molecule has 1 heterocycles. The van der Waals surface area contributed by atoms with Crippen LogP contribution in [-0.2, 0) is 11.3 Å². The Labute approximate surface area is 126 Å². The van der Waals surface area contributed by atoms with Gasteiger partial charge in [-0.1, -0.05) is 60.7 Å². The summed E-state index contributed by atoms with van der Waals surface area (Å²) in [5.74, 6) is 0. The van der Waals surface area contributed by atoms with Gasteiger partial charge in [0.05, 0.1) is 6.61 Å². The first-order valence-electron chi connectivity index (χ1n) is 7.46. The van der Waals surface area contributed by atoms with E-state index in [1.807, 2.05) is 12.1 Å². The zero-order valence-corrected chi connectivity index (χ0v) is 12.2. The molecular weight excluding hydrogens is 258 g/mol. The van der Waals surface area contributed by atoms with Crippen LogP contribution >= 0.6 is 0 Å². The van der Waals surface area contributed by atoms with Crippen molar-refractivity contribution in [1.82, 2.24) is 4.90 Å². The molecule has 0 radical (unpaired) electrons. The molecule has 21 heavy (non-hydrogen) atoms. The molecule has 0 aromatic heterocycles. The van der Waals surface area contributed by atoms with Gasteiger partial charge in [-0.15, -0.1) is 6.58 Å². The van der Waals surface area contributed by atoms with Gasteiger partial charge in [0.1, 0.15) is 6.10 Å². The maximum atomic E-state index is 6.20. The minimum absolute atomic E-state index is 0.0354. The fourth-order valence-corrected chi connectivity index (χ4v) is 2.89. The second-order valence-corrected chi connectivity index (χ2v) is 5.38. The Hall–Kier alpha value is -1.90. The zero-order valence-electron chi connectivity index (χ0n) is 12.2. The molecule has 108 valence electrons. The SMILES string of the molecule is C=CCN1CCOC(c2ccccc2)c2ccccc2C1. The van der Waals surface area contributed by atoms with E-state index in [1.54, 1.807) is 0 Å². The highest BCUT2D eigenvalue weighted by Gasteiger charge is 2.21. The van der Waals surface area contributed by atoms with Gasteiger partial charge >= 0.3 is 0 Å². The van der Waals surface area contributed by atoms with Crippen molar-refractivity contribution in [1.29, 1.82) is 0 Å². The van der Waals surface area contributed by atoms with E-state index in [0.29, 0.717) is 0 Å². The van der Waals surface area contributed by atoms with E-state index in [9.17, 15) is 0 Å². The maximum Gasteiger partial charge on any atom is 0.108 e. The van der Waals surface area contributed by atoms with Crippen LogP contribution in [0.15, 0.2) is 67.3 Å². The number of nitrogens with zero attached hydrogens (tertiary/aromatic N) is 1. The lowest BCUT2D eigenvalue weighted by Crippen LogP contribution is -2.31. The topological polar surface area (TPSA) is 12.5 Å². The summed E-state index contributed by atoms with van der Waals surface area (Å²) in [6, 6.07) is 19.1. The standard InChI is InChI=1S/C19H21NO/c1-2-12-20-13-14-21-19(16-8-4-3-5-9-16)18-11-7-6-10-17(18)15-20/h2-11,19H,1,12-15H2. The summed E-state index contributed by atoms with van der Waals surface area (Å²) in [7, 11) is 0. The number of fused-ring (bicyclic) bond motifs is 1. The van der Waals surface area contributed by atoms with Crippen LogP contribution in [0.5, 0.6) is 0 Å². The number of benzene rings is 2. The third-order valence-electron chi connectivity index (χ3n) is 3.91. The van der Waals surface area contributed by atoms with Gasteiger partial charge in [0.2, 0.25) is 0 Å². The number of rotatable bonds is 3. The second kappa shape index (κ2) is 6.70. The van der Waals surface area contributed by atoms with Gasteiger partial charge in [-0.2, -0.15) is 0 Å². The predicted octanol–water partition coefficient (Wildman–Crippen LogP) is 3.79. The van der Waals surface area contributed by atoms with E-state index in [0.717, 1.165) is 26.2 Å². The molecule has 2 aromatic carbocycles.